The van der Waals surface area contributed by atoms with Crippen molar-refractivity contribution in [1.82, 2.24) is 5.32 Å². The van der Waals surface area contributed by atoms with Gasteiger partial charge in [-0.25, -0.2) is 4.79 Å². The molecule has 0 heterocycles. The van der Waals surface area contributed by atoms with Gasteiger partial charge in [-0.15, -0.1) is 0 Å². The highest BCUT2D eigenvalue weighted by molar-refractivity contribution is 5.78. The number of carbonyl (C=O) groups excluding carboxylic acids is 1. The minimum atomic E-state index is -1.10. The largest absolute Gasteiger partial charge is 0.480 e. The Morgan fingerprint density at radius 2 is 1.67 bits per heavy atom. The third kappa shape index (κ3) is 5.55. The van der Waals surface area contributed by atoms with E-state index in [-0.39, 0.29) is 13.2 Å². The van der Waals surface area contributed by atoms with E-state index < -0.39 is 24.6 Å². The first kappa shape index (κ1) is 19.9. The Kier molecular flexibility index (Phi) is 6.90. The summed E-state index contributed by atoms with van der Waals surface area (Å²) in [5.41, 5.74) is 10.3. The van der Waals surface area contributed by atoms with Crippen LogP contribution in [0, 0.1) is 0 Å². The van der Waals surface area contributed by atoms with Crippen molar-refractivity contribution < 1.29 is 29.3 Å². The average molecular weight is 372 g/mol. The molecule has 27 heavy (non-hydrogen) atoms. The highest BCUT2D eigenvalue weighted by atomic mass is 16.5. The van der Waals surface area contributed by atoms with Crippen molar-refractivity contribution in [1.29, 1.82) is 0 Å². The lowest BCUT2D eigenvalue weighted by Crippen LogP contribution is -2.29. The summed E-state index contributed by atoms with van der Waals surface area (Å²) in [4.78, 5) is 31.1. The number of alkyl carbamates (subject to hydrolysis) is 1. The molecule has 8 nitrogen and oxygen atoms in total. The van der Waals surface area contributed by atoms with Gasteiger partial charge in [0.25, 0.3) is 0 Å². The molecule has 0 unspecified atom stereocenters. The van der Waals surface area contributed by atoms with Crippen LogP contribution in [0.1, 0.15) is 16.7 Å². The first-order valence-corrected chi connectivity index (χ1v) is 8.15. The maximum Gasteiger partial charge on any atom is 0.407 e. The van der Waals surface area contributed by atoms with E-state index in [4.69, 9.17) is 14.9 Å². The number of aliphatic carboxylic acids is 2. The molecule has 0 atom stereocenters. The zero-order chi connectivity index (χ0) is 19.8. The van der Waals surface area contributed by atoms with Gasteiger partial charge in [0, 0.05) is 0 Å². The first-order valence-electron chi connectivity index (χ1n) is 8.15. The molecule has 0 aromatic heterocycles. The zero-order valence-electron chi connectivity index (χ0n) is 14.5. The molecule has 1 aliphatic carbocycles. The fraction of sp³-hybridized carbons (Fsp3) is 0.211. The van der Waals surface area contributed by atoms with Crippen LogP contribution in [0.25, 0.3) is 11.1 Å². The van der Waals surface area contributed by atoms with Gasteiger partial charge in [0.1, 0.15) is 13.2 Å². The quantitative estimate of drug-likeness (QED) is 0.533. The number of carbonyl (C=O) groups is 3. The summed E-state index contributed by atoms with van der Waals surface area (Å²) >= 11 is 0. The third-order valence-corrected chi connectivity index (χ3v) is 3.87. The second-order valence-electron chi connectivity index (χ2n) is 5.70. The molecule has 0 fully saturated rings. The highest BCUT2D eigenvalue weighted by Crippen LogP contribution is 2.38. The number of hydrogen-bond acceptors (Lipinski definition) is 5. The monoisotopic (exact) mass is 372 g/mol. The standard InChI is InChI=1S/C17H15NO4.C2H5NO2/c19-16(20)9-18-17(21)22-10-12-5-3-7-14-13-6-2-1-4-11(13)8-15(12)14;3-1-2(4)5/h1-7H,8-10H2,(H,18,21)(H,19,20);1,3H2,(H,4,5). The lowest BCUT2D eigenvalue weighted by Gasteiger charge is -2.09. The van der Waals surface area contributed by atoms with E-state index in [0.29, 0.717) is 0 Å². The molecule has 0 spiro atoms. The van der Waals surface area contributed by atoms with E-state index >= 15 is 0 Å². The minimum Gasteiger partial charge on any atom is -0.480 e. The Morgan fingerprint density at radius 3 is 2.33 bits per heavy atom. The maximum absolute atomic E-state index is 11.4. The third-order valence-electron chi connectivity index (χ3n) is 3.87. The minimum absolute atomic E-state index is 0.128. The summed E-state index contributed by atoms with van der Waals surface area (Å²) in [5.74, 6) is -2.07. The second-order valence-corrected chi connectivity index (χ2v) is 5.70. The predicted molar refractivity (Wildman–Crippen MR) is 97.2 cm³/mol. The van der Waals surface area contributed by atoms with Gasteiger partial charge in [-0.05, 0) is 34.2 Å². The van der Waals surface area contributed by atoms with E-state index in [9.17, 15) is 14.4 Å². The van der Waals surface area contributed by atoms with E-state index in [0.717, 1.165) is 17.5 Å². The molecule has 5 N–H and O–H groups in total. The molecule has 0 bridgehead atoms. The van der Waals surface area contributed by atoms with Crippen molar-refractivity contribution in [2.75, 3.05) is 13.1 Å². The fourth-order valence-corrected chi connectivity index (χ4v) is 2.70. The van der Waals surface area contributed by atoms with E-state index in [2.05, 4.69) is 29.2 Å². The number of carboxylic acid groups (broad SMARTS) is 2. The normalized spacial score (nSPS) is 10.7. The Balaban J connectivity index is 0.000000465. The van der Waals surface area contributed by atoms with Gasteiger partial charge >= 0.3 is 18.0 Å². The second kappa shape index (κ2) is 9.35. The Bertz CT molecular complexity index is 850. The molecule has 0 saturated carbocycles. The summed E-state index contributed by atoms with van der Waals surface area (Å²) in [7, 11) is 0. The maximum atomic E-state index is 11.4. The van der Waals surface area contributed by atoms with Gasteiger partial charge in [0.2, 0.25) is 0 Å². The van der Waals surface area contributed by atoms with Crippen LogP contribution in [-0.4, -0.2) is 41.3 Å². The molecular formula is C19H20N2O6. The fourth-order valence-electron chi connectivity index (χ4n) is 2.70. The van der Waals surface area contributed by atoms with E-state index in [1.165, 1.54) is 16.7 Å². The number of hydrogen-bond donors (Lipinski definition) is 4. The highest BCUT2D eigenvalue weighted by Gasteiger charge is 2.20. The summed E-state index contributed by atoms with van der Waals surface area (Å²) < 4.78 is 5.09. The Hall–Kier alpha value is -3.39. The van der Waals surface area contributed by atoms with Crippen LogP contribution in [-0.2, 0) is 27.4 Å². The Labute approximate surface area is 155 Å². The number of nitrogens with two attached hydrogens (primary N) is 1. The lowest BCUT2D eigenvalue weighted by atomic mass is 10.0. The SMILES string of the molecule is NCC(=O)O.O=C(O)CNC(=O)OCc1cccc2c1Cc1ccccc1-2. The number of ether oxygens (including phenoxy) is 1. The first-order chi connectivity index (χ1) is 12.9. The van der Waals surface area contributed by atoms with Crippen molar-refractivity contribution in [3.63, 3.8) is 0 Å². The molecule has 2 aromatic rings. The summed E-state index contributed by atoms with van der Waals surface area (Å²) in [5, 5.41) is 18.3. The van der Waals surface area contributed by atoms with Crippen LogP contribution < -0.4 is 11.1 Å². The van der Waals surface area contributed by atoms with Crippen molar-refractivity contribution in [3.05, 3.63) is 59.2 Å². The Morgan fingerprint density at radius 1 is 1.00 bits per heavy atom. The van der Waals surface area contributed by atoms with Crippen LogP contribution in [0.3, 0.4) is 0 Å². The molecule has 0 saturated heterocycles. The molecule has 0 radical (unpaired) electrons. The van der Waals surface area contributed by atoms with Crippen LogP contribution in [0.2, 0.25) is 0 Å². The van der Waals surface area contributed by atoms with Crippen LogP contribution >= 0.6 is 0 Å². The molecular weight excluding hydrogens is 352 g/mol. The van der Waals surface area contributed by atoms with Crippen molar-refractivity contribution in [2.45, 2.75) is 13.0 Å². The molecule has 3 rings (SSSR count). The van der Waals surface area contributed by atoms with Crippen molar-refractivity contribution >= 4 is 18.0 Å². The predicted octanol–water partition coefficient (Wildman–Crippen LogP) is 1.60. The van der Waals surface area contributed by atoms with E-state index in [1.807, 2.05) is 24.3 Å². The van der Waals surface area contributed by atoms with Gasteiger partial charge in [0.15, 0.2) is 0 Å². The van der Waals surface area contributed by atoms with Crippen molar-refractivity contribution in [2.24, 2.45) is 5.73 Å². The number of nitrogens with one attached hydrogen (secondary N) is 1. The number of carboxylic acids is 2. The number of benzene rings is 2. The van der Waals surface area contributed by atoms with Gasteiger partial charge in [-0.1, -0.05) is 42.5 Å². The van der Waals surface area contributed by atoms with Gasteiger partial charge in [-0.3, -0.25) is 9.59 Å². The summed E-state index contributed by atoms with van der Waals surface area (Å²) in [6.45, 7) is -0.597. The number of amides is 1. The smallest absolute Gasteiger partial charge is 0.407 e. The lowest BCUT2D eigenvalue weighted by molar-refractivity contribution is -0.136. The average Bonchev–Trinajstić information content (AvgIpc) is 3.04. The van der Waals surface area contributed by atoms with Crippen molar-refractivity contribution in [3.8, 4) is 11.1 Å². The zero-order valence-corrected chi connectivity index (χ0v) is 14.5. The van der Waals surface area contributed by atoms with Crippen LogP contribution in [0.4, 0.5) is 4.79 Å². The van der Waals surface area contributed by atoms with Gasteiger partial charge in [-0.2, -0.15) is 0 Å². The molecule has 142 valence electrons. The molecule has 1 amide bonds. The summed E-state index contributed by atoms with van der Waals surface area (Å²) in [6, 6.07) is 14.1. The van der Waals surface area contributed by atoms with Crippen LogP contribution in [0.5, 0.6) is 0 Å². The topological polar surface area (TPSA) is 139 Å². The van der Waals surface area contributed by atoms with Gasteiger partial charge < -0.3 is 26.0 Å². The molecule has 0 aliphatic heterocycles. The number of fused-ring (bicyclic) bond motifs is 3. The van der Waals surface area contributed by atoms with Gasteiger partial charge in [0.05, 0.1) is 6.54 Å². The van der Waals surface area contributed by atoms with Crippen LogP contribution in [0.15, 0.2) is 42.5 Å². The number of rotatable bonds is 5. The molecule has 1 aliphatic rings. The molecule has 2 aromatic carbocycles. The van der Waals surface area contributed by atoms with E-state index in [1.54, 1.807) is 0 Å². The summed E-state index contributed by atoms with van der Waals surface area (Å²) in [6.07, 6.45) is 0.0948. The molecule has 8 heteroatoms.